The van der Waals surface area contributed by atoms with Crippen molar-refractivity contribution in [3.8, 4) is 0 Å². The summed E-state index contributed by atoms with van der Waals surface area (Å²) in [4.78, 5) is 0.108. The number of nitrogens with one attached hydrogen (secondary N) is 1. The second-order valence-electron chi connectivity index (χ2n) is 6.39. The summed E-state index contributed by atoms with van der Waals surface area (Å²) in [6, 6.07) is 10.9. The van der Waals surface area contributed by atoms with E-state index < -0.39 is 20.0 Å². The molecule has 9 heteroatoms. The Kier molecular flexibility index (Phi) is 5.69. The molecule has 1 N–H and O–H groups in total. The van der Waals surface area contributed by atoms with Crippen molar-refractivity contribution in [2.75, 3.05) is 21.3 Å². The molecule has 0 bridgehead atoms. The van der Waals surface area contributed by atoms with E-state index >= 15 is 0 Å². The number of aryl methyl sites for hydroxylation is 1. The molecule has 0 saturated carbocycles. The van der Waals surface area contributed by atoms with Gasteiger partial charge in [0.2, 0.25) is 10.0 Å². The highest BCUT2D eigenvalue weighted by Crippen LogP contribution is 2.32. The molecule has 1 heterocycles. The molecule has 2 aromatic carbocycles. The van der Waals surface area contributed by atoms with E-state index in [-0.39, 0.29) is 10.6 Å². The summed E-state index contributed by atoms with van der Waals surface area (Å²) in [5.41, 5.74) is 1.85. The minimum absolute atomic E-state index is 0.0946. The Morgan fingerprint density at radius 1 is 1.07 bits per heavy atom. The highest BCUT2D eigenvalue weighted by atomic mass is 35.5. The first-order chi connectivity index (χ1) is 12.7. The first kappa shape index (κ1) is 20.0. The fourth-order valence-electron chi connectivity index (χ4n) is 3.11. The van der Waals surface area contributed by atoms with E-state index in [4.69, 9.17) is 11.6 Å². The number of hydrogen-bond donors (Lipinski definition) is 1. The lowest BCUT2D eigenvalue weighted by molar-refractivity contribution is 0.585. The molecule has 27 heavy (non-hydrogen) atoms. The molecule has 1 aliphatic heterocycles. The molecule has 0 aromatic heterocycles. The monoisotopic (exact) mass is 428 g/mol. The molecular formula is C18H21ClN2O4S2. The maximum Gasteiger partial charge on any atom is 0.261 e. The summed E-state index contributed by atoms with van der Waals surface area (Å²) < 4.78 is 54.0. The highest BCUT2D eigenvalue weighted by molar-refractivity contribution is 7.93. The van der Waals surface area contributed by atoms with Crippen LogP contribution in [0.15, 0.2) is 47.4 Å². The van der Waals surface area contributed by atoms with Crippen LogP contribution in [0.3, 0.4) is 0 Å². The van der Waals surface area contributed by atoms with Crippen LogP contribution in [-0.4, -0.2) is 29.1 Å². The second kappa shape index (κ2) is 7.69. The first-order valence-electron chi connectivity index (χ1n) is 8.65. The van der Waals surface area contributed by atoms with Crippen LogP contribution in [0.4, 0.5) is 11.4 Å². The molecule has 0 amide bonds. The molecule has 0 radical (unpaired) electrons. The van der Waals surface area contributed by atoms with Crippen LogP contribution < -0.4 is 9.03 Å². The molecule has 0 unspecified atom stereocenters. The van der Waals surface area contributed by atoms with Crippen molar-refractivity contribution in [2.24, 2.45) is 0 Å². The fraction of sp³-hybridized carbons (Fsp3) is 0.333. The van der Waals surface area contributed by atoms with E-state index in [1.54, 1.807) is 18.2 Å². The van der Waals surface area contributed by atoms with Gasteiger partial charge in [0, 0.05) is 17.3 Å². The molecule has 3 rings (SSSR count). The molecule has 2 aromatic rings. The lowest BCUT2D eigenvalue weighted by Crippen LogP contribution is -2.37. The topological polar surface area (TPSA) is 83.6 Å². The Morgan fingerprint density at radius 2 is 1.78 bits per heavy atom. The van der Waals surface area contributed by atoms with Crippen molar-refractivity contribution in [3.63, 3.8) is 0 Å². The van der Waals surface area contributed by atoms with Gasteiger partial charge in [0.15, 0.2) is 0 Å². The Hall–Kier alpha value is -1.77. The molecule has 0 aliphatic carbocycles. The van der Waals surface area contributed by atoms with Crippen molar-refractivity contribution in [2.45, 2.75) is 31.1 Å². The molecular weight excluding hydrogens is 408 g/mol. The molecule has 0 spiro atoms. The Bertz CT molecular complexity index is 1040. The van der Waals surface area contributed by atoms with Crippen molar-refractivity contribution >= 4 is 43.0 Å². The SMILES string of the molecule is CCCS(=O)(=O)N1CCCc2cc(NS(=O)(=O)c3ccc(Cl)cc3)ccc21. The van der Waals surface area contributed by atoms with Gasteiger partial charge in [-0.25, -0.2) is 16.8 Å². The predicted molar refractivity (Wildman–Crippen MR) is 108 cm³/mol. The van der Waals surface area contributed by atoms with Gasteiger partial charge in [-0.3, -0.25) is 9.03 Å². The number of sulfonamides is 2. The van der Waals surface area contributed by atoms with Crippen molar-refractivity contribution in [1.29, 1.82) is 0 Å². The quantitative estimate of drug-likeness (QED) is 0.761. The normalized spacial score (nSPS) is 14.7. The second-order valence-corrected chi connectivity index (χ2v) is 10.5. The van der Waals surface area contributed by atoms with Crippen LogP contribution >= 0.6 is 11.6 Å². The van der Waals surface area contributed by atoms with Gasteiger partial charge in [-0.1, -0.05) is 18.5 Å². The number of hydrogen-bond acceptors (Lipinski definition) is 4. The lowest BCUT2D eigenvalue weighted by Gasteiger charge is -2.30. The van der Waals surface area contributed by atoms with E-state index in [1.807, 2.05) is 6.92 Å². The van der Waals surface area contributed by atoms with Gasteiger partial charge in [-0.15, -0.1) is 0 Å². The summed E-state index contributed by atoms with van der Waals surface area (Å²) in [5.74, 6) is 0.0946. The largest absolute Gasteiger partial charge is 0.280 e. The van der Waals surface area contributed by atoms with Gasteiger partial charge < -0.3 is 0 Å². The van der Waals surface area contributed by atoms with Gasteiger partial charge in [0.05, 0.1) is 16.3 Å². The molecule has 146 valence electrons. The highest BCUT2D eigenvalue weighted by Gasteiger charge is 2.27. The zero-order valence-electron chi connectivity index (χ0n) is 14.9. The third kappa shape index (κ3) is 4.39. The maximum atomic E-state index is 12.5. The van der Waals surface area contributed by atoms with Crippen LogP contribution in [0.25, 0.3) is 0 Å². The predicted octanol–water partition coefficient (Wildman–Crippen LogP) is 3.63. The summed E-state index contributed by atoms with van der Waals surface area (Å²) in [6.45, 7) is 2.28. The molecule has 0 fully saturated rings. The maximum absolute atomic E-state index is 12.5. The molecule has 0 saturated heterocycles. The van der Waals surface area contributed by atoms with Crippen molar-refractivity contribution < 1.29 is 16.8 Å². The average Bonchev–Trinajstić information content (AvgIpc) is 2.61. The Morgan fingerprint density at radius 3 is 2.44 bits per heavy atom. The summed E-state index contributed by atoms with van der Waals surface area (Å²) in [5, 5.41) is 0.455. The number of anilines is 2. The van der Waals surface area contributed by atoms with E-state index in [0.717, 1.165) is 5.56 Å². The van der Waals surface area contributed by atoms with Crippen LogP contribution in [0.2, 0.25) is 5.02 Å². The Balaban J connectivity index is 1.89. The van der Waals surface area contributed by atoms with Crippen molar-refractivity contribution in [1.82, 2.24) is 0 Å². The minimum atomic E-state index is -3.75. The summed E-state index contributed by atoms with van der Waals surface area (Å²) in [6.07, 6.45) is 1.94. The van der Waals surface area contributed by atoms with E-state index in [9.17, 15) is 16.8 Å². The minimum Gasteiger partial charge on any atom is -0.280 e. The van der Waals surface area contributed by atoms with Gasteiger partial charge in [-0.2, -0.15) is 0 Å². The summed E-state index contributed by atoms with van der Waals surface area (Å²) in [7, 11) is -7.11. The van der Waals surface area contributed by atoms with Gasteiger partial charge in [0.1, 0.15) is 0 Å². The standard InChI is InChI=1S/C18H21ClN2O4S2/c1-2-12-26(22,23)21-11-3-4-14-13-16(7-10-18(14)21)20-27(24,25)17-8-5-15(19)6-9-17/h5-10,13,20H,2-4,11-12H2,1H3. The first-order valence-corrected chi connectivity index (χ1v) is 12.1. The number of benzene rings is 2. The average molecular weight is 429 g/mol. The van der Waals surface area contributed by atoms with Crippen molar-refractivity contribution in [3.05, 3.63) is 53.1 Å². The zero-order valence-corrected chi connectivity index (χ0v) is 17.2. The van der Waals surface area contributed by atoms with E-state index in [0.29, 0.717) is 42.2 Å². The third-order valence-electron chi connectivity index (χ3n) is 4.33. The van der Waals surface area contributed by atoms with E-state index in [2.05, 4.69) is 4.72 Å². The zero-order chi connectivity index (χ0) is 19.7. The van der Waals surface area contributed by atoms with Crippen LogP contribution in [0, 0.1) is 0 Å². The van der Waals surface area contributed by atoms with Crippen LogP contribution in [0.1, 0.15) is 25.3 Å². The van der Waals surface area contributed by atoms with Crippen LogP contribution in [-0.2, 0) is 26.5 Å². The third-order valence-corrected chi connectivity index (χ3v) is 7.95. The molecule has 1 aliphatic rings. The van der Waals surface area contributed by atoms with Gasteiger partial charge in [-0.05, 0) is 67.3 Å². The smallest absolute Gasteiger partial charge is 0.261 e. The van der Waals surface area contributed by atoms with Gasteiger partial charge in [0.25, 0.3) is 10.0 Å². The van der Waals surface area contributed by atoms with E-state index in [1.165, 1.54) is 28.6 Å². The number of rotatable bonds is 6. The molecule has 0 atom stereocenters. The number of halogens is 1. The lowest BCUT2D eigenvalue weighted by atomic mass is 10.0. The summed E-state index contributed by atoms with van der Waals surface area (Å²) >= 11 is 5.81. The number of fused-ring (bicyclic) bond motifs is 1. The van der Waals surface area contributed by atoms with Gasteiger partial charge >= 0.3 is 0 Å². The Labute approximate surface area is 165 Å². The van der Waals surface area contributed by atoms with Crippen LogP contribution in [0.5, 0.6) is 0 Å². The number of nitrogens with zero attached hydrogens (tertiary/aromatic N) is 1. The molecule has 6 nitrogen and oxygen atoms in total. The fourth-order valence-corrected chi connectivity index (χ4v) is 5.91.